The Hall–Kier alpha value is -1.42. The second-order valence-electron chi connectivity index (χ2n) is 5.50. The third-order valence-electron chi connectivity index (χ3n) is 4.17. The minimum atomic E-state index is -0.652. The number of carboxylic acids is 1. The fourth-order valence-electron chi connectivity index (χ4n) is 3.02. The minimum Gasteiger partial charge on any atom is -0.481 e. The van der Waals surface area contributed by atoms with E-state index in [1.807, 2.05) is 19.1 Å². The monoisotopic (exact) mass is 275 g/mol. The van der Waals surface area contributed by atoms with Gasteiger partial charge in [0.15, 0.2) is 0 Å². The molecule has 3 nitrogen and oxygen atoms in total. The molecule has 0 radical (unpaired) electrons. The van der Waals surface area contributed by atoms with Crippen LogP contribution in [-0.2, 0) is 11.2 Å². The normalized spacial score (nSPS) is 17.9. The van der Waals surface area contributed by atoms with Crippen molar-refractivity contribution in [2.24, 2.45) is 5.41 Å². The first kappa shape index (κ1) is 12.6. The predicted molar refractivity (Wildman–Crippen MR) is 76.6 cm³/mol. The summed E-state index contributed by atoms with van der Waals surface area (Å²) in [5.74, 6) is -0.652. The fourth-order valence-corrected chi connectivity index (χ4v) is 4.20. The number of fused-ring (bicyclic) bond motifs is 1. The van der Waals surface area contributed by atoms with E-state index in [0.717, 1.165) is 46.5 Å². The molecular formula is C15H17NO2S. The largest absolute Gasteiger partial charge is 0.481 e. The molecule has 1 saturated carbocycles. The lowest BCUT2D eigenvalue weighted by atomic mass is 9.83. The van der Waals surface area contributed by atoms with Gasteiger partial charge in [-0.05, 0) is 31.4 Å². The van der Waals surface area contributed by atoms with Crippen LogP contribution >= 0.6 is 11.3 Å². The standard InChI is InChI=1S/C15H17NO2S/c1-10-5-4-6-11-13(10)16-12(19-11)9-15(14(17)18)7-2-3-8-15/h4-6H,2-3,7-9H2,1H3,(H,17,18). The third kappa shape index (κ3) is 2.14. The molecule has 1 aliphatic carbocycles. The second-order valence-corrected chi connectivity index (χ2v) is 6.61. The minimum absolute atomic E-state index is 0.568. The smallest absolute Gasteiger partial charge is 0.310 e. The number of nitrogens with zero attached hydrogens (tertiary/aromatic N) is 1. The molecule has 1 aliphatic rings. The van der Waals surface area contributed by atoms with E-state index >= 15 is 0 Å². The second kappa shape index (κ2) is 4.60. The van der Waals surface area contributed by atoms with Gasteiger partial charge in [-0.3, -0.25) is 4.79 Å². The van der Waals surface area contributed by atoms with Crippen molar-refractivity contribution in [3.05, 3.63) is 28.8 Å². The highest BCUT2D eigenvalue weighted by Gasteiger charge is 2.42. The van der Waals surface area contributed by atoms with Crippen LogP contribution < -0.4 is 0 Å². The van der Waals surface area contributed by atoms with Crippen molar-refractivity contribution in [3.63, 3.8) is 0 Å². The van der Waals surface area contributed by atoms with Crippen molar-refractivity contribution in [3.8, 4) is 0 Å². The van der Waals surface area contributed by atoms with Crippen LogP contribution in [0.2, 0.25) is 0 Å². The lowest BCUT2D eigenvalue weighted by Crippen LogP contribution is -2.30. The summed E-state index contributed by atoms with van der Waals surface area (Å²) in [7, 11) is 0. The first-order valence-electron chi connectivity index (χ1n) is 6.69. The molecule has 0 spiro atoms. The molecule has 4 heteroatoms. The SMILES string of the molecule is Cc1cccc2sc(CC3(C(=O)O)CCCC3)nc12. The van der Waals surface area contributed by atoms with Gasteiger partial charge in [0.05, 0.1) is 20.6 Å². The summed E-state index contributed by atoms with van der Waals surface area (Å²) in [6.45, 7) is 2.05. The van der Waals surface area contributed by atoms with E-state index < -0.39 is 11.4 Å². The number of benzene rings is 1. The van der Waals surface area contributed by atoms with Crippen molar-refractivity contribution < 1.29 is 9.90 Å². The van der Waals surface area contributed by atoms with E-state index in [-0.39, 0.29) is 0 Å². The Morgan fingerprint density at radius 1 is 1.42 bits per heavy atom. The summed E-state index contributed by atoms with van der Waals surface area (Å²) in [6.07, 6.45) is 4.21. The van der Waals surface area contributed by atoms with Crippen LogP contribution in [0.25, 0.3) is 10.2 Å². The molecule has 0 atom stereocenters. The molecular weight excluding hydrogens is 258 g/mol. The number of aryl methyl sites for hydroxylation is 1. The van der Waals surface area contributed by atoms with E-state index in [1.165, 1.54) is 0 Å². The number of aliphatic carboxylic acids is 1. The zero-order valence-corrected chi connectivity index (χ0v) is 11.8. The molecule has 0 amide bonds. The third-order valence-corrected chi connectivity index (χ3v) is 5.19. The van der Waals surface area contributed by atoms with Gasteiger partial charge < -0.3 is 5.11 Å². The van der Waals surface area contributed by atoms with E-state index in [2.05, 4.69) is 11.1 Å². The van der Waals surface area contributed by atoms with Crippen molar-refractivity contribution in [2.45, 2.75) is 39.0 Å². The van der Waals surface area contributed by atoms with Crippen LogP contribution in [0.5, 0.6) is 0 Å². The number of aromatic nitrogens is 1. The Morgan fingerprint density at radius 2 is 2.16 bits per heavy atom. The number of thiazole rings is 1. The first-order valence-corrected chi connectivity index (χ1v) is 7.51. The predicted octanol–water partition coefficient (Wildman–Crippen LogP) is 3.79. The van der Waals surface area contributed by atoms with E-state index in [4.69, 9.17) is 0 Å². The molecule has 19 heavy (non-hydrogen) atoms. The highest BCUT2D eigenvalue weighted by molar-refractivity contribution is 7.18. The van der Waals surface area contributed by atoms with Crippen molar-refractivity contribution in [2.75, 3.05) is 0 Å². The summed E-state index contributed by atoms with van der Waals surface area (Å²) >= 11 is 1.64. The van der Waals surface area contributed by atoms with E-state index in [9.17, 15) is 9.90 Å². The molecule has 1 fully saturated rings. The molecule has 0 saturated heterocycles. The van der Waals surface area contributed by atoms with Gasteiger partial charge in [-0.1, -0.05) is 25.0 Å². The molecule has 1 aromatic carbocycles. The van der Waals surface area contributed by atoms with Gasteiger partial charge in [0.25, 0.3) is 0 Å². The maximum atomic E-state index is 11.6. The fraction of sp³-hybridized carbons (Fsp3) is 0.467. The summed E-state index contributed by atoms with van der Waals surface area (Å²) in [4.78, 5) is 16.2. The van der Waals surface area contributed by atoms with Crippen LogP contribution in [0.1, 0.15) is 36.3 Å². The quantitative estimate of drug-likeness (QED) is 0.927. The zero-order chi connectivity index (χ0) is 13.5. The van der Waals surface area contributed by atoms with Crippen LogP contribution in [-0.4, -0.2) is 16.1 Å². The van der Waals surface area contributed by atoms with Gasteiger partial charge in [-0.2, -0.15) is 0 Å². The highest BCUT2D eigenvalue weighted by atomic mass is 32.1. The first-order chi connectivity index (χ1) is 9.11. The van der Waals surface area contributed by atoms with Crippen LogP contribution in [0.3, 0.4) is 0 Å². The van der Waals surface area contributed by atoms with Crippen molar-refractivity contribution in [1.29, 1.82) is 0 Å². The maximum absolute atomic E-state index is 11.6. The Morgan fingerprint density at radius 3 is 2.79 bits per heavy atom. The number of hydrogen-bond donors (Lipinski definition) is 1. The molecule has 1 heterocycles. The Kier molecular flexibility index (Phi) is 3.05. The molecule has 0 aliphatic heterocycles. The van der Waals surface area contributed by atoms with E-state index in [0.29, 0.717) is 6.42 Å². The number of carboxylic acid groups (broad SMARTS) is 1. The number of carbonyl (C=O) groups is 1. The van der Waals surface area contributed by atoms with Gasteiger partial charge in [0.2, 0.25) is 0 Å². The molecule has 3 rings (SSSR count). The van der Waals surface area contributed by atoms with Crippen LogP contribution in [0.4, 0.5) is 0 Å². The summed E-state index contributed by atoms with van der Waals surface area (Å²) < 4.78 is 1.16. The van der Waals surface area contributed by atoms with Crippen molar-refractivity contribution >= 4 is 27.5 Å². The van der Waals surface area contributed by atoms with Crippen LogP contribution in [0, 0.1) is 12.3 Å². The average Bonchev–Trinajstić information content (AvgIpc) is 2.97. The highest BCUT2D eigenvalue weighted by Crippen LogP contribution is 2.42. The summed E-state index contributed by atoms with van der Waals surface area (Å²) in [5.41, 5.74) is 1.62. The summed E-state index contributed by atoms with van der Waals surface area (Å²) in [5, 5.41) is 10.5. The van der Waals surface area contributed by atoms with Crippen molar-refractivity contribution in [1.82, 2.24) is 4.98 Å². The number of rotatable bonds is 3. The van der Waals surface area contributed by atoms with Gasteiger partial charge in [-0.15, -0.1) is 11.3 Å². The topological polar surface area (TPSA) is 50.2 Å². The zero-order valence-electron chi connectivity index (χ0n) is 11.0. The molecule has 100 valence electrons. The molecule has 0 bridgehead atoms. The van der Waals surface area contributed by atoms with Gasteiger partial charge in [0.1, 0.15) is 0 Å². The van der Waals surface area contributed by atoms with Gasteiger partial charge in [0, 0.05) is 6.42 Å². The molecule has 1 N–H and O–H groups in total. The Balaban J connectivity index is 1.96. The molecule has 1 aromatic heterocycles. The lowest BCUT2D eigenvalue weighted by Gasteiger charge is -2.22. The maximum Gasteiger partial charge on any atom is 0.310 e. The van der Waals surface area contributed by atoms with E-state index in [1.54, 1.807) is 11.3 Å². The Labute approximate surface area is 116 Å². The Bertz CT molecular complexity index is 626. The van der Waals surface area contributed by atoms with Gasteiger partial charge >= 0.3 is 5.97 Å². The molecule has 2 aromatic rings. The van der Waals surface area contributed by atoms with Gasteiger partial charge in [-0.25, -0.2) is 4.98 Å². The summed E-state index contributed by atoms with van der Waals surface area (Å²) in [6, 6.07) is 6.14. The number of para-hydroxylation sites is 1. The average molecular weight is 275 g/mol. The molecule has 0 unspecified atom stereocenters. The number of hydrogen-bond acceptors (Lipinski definition) is 3. The van der Waals surface area contributed by atoms with Crippen LogP contribution in [0.15, 0.2) is 18.2 Å². The lowest BCUT2D eigenvalue weighted by molar-refractivity contribution is -0.148.